The minimum absolute atomic E-state index is 0.962. The van der Waals surface area contributed by atoms with E-state index in [1.807, 2.05) is 42.5 Å². The molecule has 4 heteroatoms. The van der Waals surface area contributed by atoms with E-state index in [1.165, 1.54) is 4.90 Å². The summed E-state index contributed by atoms with van der Waals surface area (Å²) < 4.78 is 3.23. The van der Waals surface area contributed by atoms with Crippen molar-refractivity contribution < 1.29 is 0 Å². The minimum atomic E-state index is 0.962. The van der Waals surface area contributed by atoms with Crippen molar-refractivity contribution in [2.45, 2.75) is 9.92 Å². The molecule has 0 spiro atoms. The lowest BCUT2D eigenvalue weighted by atomic mass is 10.2. The predicted octanol–water partition coefficient (Wildman–Crippen LogP) is 5.92. The lowest BCUT2D eigenvalue weighted by Gasteiger charge is -2.05. The zero-order valence-electron chi connectivity index (χ0n) is 12.2. The number of rotatable bonds is 3. The van der Waals surface area contributed by atoms with Crippen molar-refractivity contribution in [1.29, 1.82) is 0 Å². The van der Waals surface area contributed by atoms with Gasteiger partial charge in [0.15, 0.2) is 0 Å². The topological polar surface area (TPSA) is 17.3 Å². The first kappa shape index (κ1) is 14.5. The van der Waals surface area contributed by atoms with Crippen LogP contribution in [0.3, 0.4) is 0 Å². The highest BCUT2D eigenvalue weighted by molar-refractivity contribution is 9.10. The molecular weight excluding hydrogens is 368 g/mol. The number of fused-ring (bicyclic) bond motifs is 1. The number of hydrogen-bond acceptors (Lipinski definition) is 2. The Morgan fingerprint density at radius 2 is 1.70 bits per heavy atom. The summed E-state index contributed by atoms with van der Waals surface area (Å²) >= 11 is 5.27. The lowest BCUT2D eigenvalue weighted by molar-refractivity contribution is 1.05. The van der Waals surface area contributed by atoms with Crippen LogP contribution in [0.15, 0.2) is 93.4 Å². The molecule has 23 heavy (non-hydrogen) atoms. The normalized spacial score (nSPS) is 11.0. The molecule has 0 saturated carbocycles. The van der Waals surface area contributed by atoms with Crippen molar-refractivity contribution in [3.05, 3.63) is 83.5 Å². The average Bonchev–Trinajstić information content (AvgIpc) is 2.95. The Bertz CT molecular complexity index is 963. The lowest BCUT2D eigenvalue weighted by Crippen LogP contribution is -1.86. The number of benzene rings is 2. The Kier molecular flexibility index (Phi) is 3.93. The molecule has 4 aromatic rings. The summed E-state index contributed by atoms with van der Waals surface area (Å²) in [4.78, 5) is 6.01. The molecule has 0 aliphatic carbocycles. The Balaban J connectivity index is 1.89. The molecule has 2 nitrogen and oxygen atoms in total. The molecule has 0 aliphatic heterocycles. The van der Waals surface area contributed by atoms with Crippen LogP contribution in [0.5, 0.6) is 0 Å². The third-order valence-corrected chi connectivity index (χ3v) is 5.11. The highest BCUT2D eigenvalue weighted by Crippen LogP contribution is 2.37. The Morgan fingerprint density at radius 3 is 2.52 bits per heavy atom. The monoisotopic (exact) mass is 380 g/mol. The number of aromatic nitrogens is 2. The standard InChI is InChI=1S/C19H13BrN2S/c20-15-9-6-10-16(13-15)23-19-18(14-7-2-1-3-8-14)21-17-11-4-5-12-22(17)19/h1-13H. The Labute approximate surface area is 147 Å². The molecule has 4 rings (SSSR count). The zero-order valence-corrected chi connectivity index (χ0v) is 14.6. The van der Waals surface area contributed by atoms with E-state index >= 15 is 0 Å². The molecule has 112 valence electrons. The Hall–Kier alpha value is -2.04. The smallest absolute Gasteiger partial charge is 0.138 e. The van der Waals surface area contributed by atoms with E-state index in [4.69, 9.17) is 4.98 Å². The van der Waals surface area contributed by atoms with Gasteiger partial charge in [0.25, 0.3) is 0 Å². The second kappa shape index (κ2) is 6.22. The van der Waals surface area contributed by atoms with Gasteiger partial charge in [-0.05, 0) is 30.3 Å². The molecule has 0 N–H and O–H groups in total. The van der Waals surface area contributed by atoms with Crippen LogP contribution in [0.1, 0.15) is 0 Å². The van der Waals surface area contributed by atoms with Gasteiger partial charge in [-0.2, -0.15) is 0 Å². The van der Waals surface area contributed by atoms with Gasteiger partial charge < -0.3 is 0 Å². The summed E-state index contributed by atoms with van der Waals surface area (Å²) in [6.07, 6.45) is 2.06. The van der Waals surface area contributed by atoms with Crippen LogP contribution in [0.4, 0.5) is 0 Å². The average molecular weight is 381 g/mol. The fraction of sp³-hybridized carbons (Fsp3) is 0. The molecule has 0 bridgehead atoms. The third kappa shape index (κ3) is 2.92. The number of pyridine rings is 1. The Morgan fingerprint density at radius 1 is 0.870 bits per heavy atom. The second-order valence-electron chi connectivity index (χ2n) is 5.12. The van der Waals surface area contributed by atoms with E-state index in [0.717, 1.165) is 26.4 Å². The van der Waals surface area contributed by atoms with Gasteiger partial charge in [-0.1, -0.05) is 70.2 Å². The molecule has 2 aromatic heterocycles. The molecule has 0 unspecified atom stereocenters. The molecule has 0 atom stereocenters. The molecule has 0 aliphatic rings. The van der Waals surface area contributed by atoms with Crippen molar-refractivity contribution >= 4 is 33.3 Å². The van der Waals surface area contributed by atoms with E-state index in [9.17, 15) is 0 Å². The van der Waals surface area contributed by atoms with Gasteiger partial charge in [0.1, 0.15) is 16.4 Å². The number of halogens is 1. The highest BCUT2D eigenvalue weighted by atomic mass is 79.9. The van der Waals surface area contributed by atoms with Crippen LogP contribution in [0.2, 0.25) is 0 Å². The van der Waals surface area contributed by atoms with Crippen LogP contribution in [-0.2, 0) is 0 Å². The van der Waals surface area contributed by atoms with Gasteiger partial charge in [0.05, 0.1) is 0 Å². The number of hydrogen-bond donors (Lipinski definition) is 0. The molecule has 0 fully saturated rings. The van der Waals surface area contributed by atoms with E-state index in [-0.39, 0.29) is 0 Å². The second-order valence-corrected chi connectivity index (χ2v) is 7.10. The predicted molar refractivity (Wildman–Crippen MR) is 98.9 cm³/mol. The van der Waals surface area contributed by atoms with Crippen LogP contribution in [0, 0.1) is 0 Å². The van der Waals surface area contributed by atoms with Crippen molar-refractivity contribution in [2.24, 2.45) is 0 Å². The summed E-state index contributed by atoms with van der Waals surface area (Å²) in [6.45, 7) is 0. The van der Waals surface area contributed by atoms with Gasteiger partial charge in [0.2, 0.25) is 0 Å². The first-order chi connectivity index (χ1) is 11.3. The first-order valence-corrected chi connectivity index (χ1v) is 8.88. The van der Waals surface area contributed by atoms with E-state index in [0.29, 0.717) is 0 Å². The van der Waals surface area contributed by atoms with Gasteiger partial charge in [-0.15, -0.1) is 0 Å². The maximum atomic E-state index is 4.83. The molecular formula is C19H13BrN2S. The fourth-order valence-corrected chi connectivity index (χ4v) is 4.12. The molecule has 2 heterocycles. The summed E-state index contributed by atoms with van der Waals surface area (Å²) in [5, 5.41) is 1.13. The van der Waals surface area contributed by atoms with E-state index < -0.39 is 0 Å². The van der Waals surface area contributed by atoms with Crippen molar-refractivity contribution in [1.82, 2.24) is 9.38 Å². The highest BCUT2D eigenvalue weighted by Gasteiger charge is 2.15. The minimum Gasteiger partial charge on any atom is -0.294 e. The maximum absolute atomic E-state index is 4.83. The summed E-state index contributed by atoms with van der Waals surface area (Å²) in [5.41, 5.74) is 3.11. The fourth-order valence-electron chi connectivity index (χ4n) is 2.50. The van der Waals surface area contributed by atoms with Crippen LogP contribution < -0.4 is 0 Å². The van der Waals surface area contributed by atoms with Crippen LogP contribution in [-0.4, -0.2) is 9.38 Å². The largest absolute Gasteiger partial charge is 0.294 e. The molecule has 2 aromatic carbocycles. The molecule has 0 radical (unpaired) electrons. The van der Waals surface area contributed by atoms with E-state index in [2.05, 4.69) is 56.9 Å². The van der Waals surface area contributed by atoms with Crippen molar-refractivity contribution in [3.63, 3.8) is 0 Å². The third-order valence-electron chi connectivity index (χ3n) is 3.54. The first-order valence-electron chi connectivity index (χ1n) is 7.27. The number of nitrogens with zero attached hydrogens (tertiary/aromatic N) is 2. The number of imidazole rings is 1. The summed E-state index contributed by atoms with van der Waals surface area (Å²) in [6, 6.07) is 24.8. The van der Waals surface area contributed by atoms with Crippen molar-refractivity contribution in [3.8, 4) is 11.3 Å². The molecule has 0 amide bonds. The maximum Gasteiger partial charge on any atom is 0.138 e. The van der Waals surface area contributed by atoms with E-state index in [1.54, 1.807) is 11.8 Å². The van der Waals surface area contributed by atoms with Crippen LogP contribution >= 0.6 is 27.7 Å². The van der Waals surface area contributed by atoms with Gasteiger partial charge in [-0.3, -0.25) is 4.40 Å². The summed E-state index contributed by atoms with van der Waals surface area (Å²) in [5.74, 6) is 0. The van der Waals surface area contributed by atoms with Gasteiger partial charge >= 0.3 is 0 Å². The SMILES string of the molecule is Brc1cccc(Sc2c(-c3ccccc3)nc3ccccn23)c1. The van der Waals surface area contributed by atoms with Gasteiger partial charge in [-0.25, -0.2) is 4.98 Å². The quantitative estimate of drug-likeness (QED) is 0.439. The van der Waals surface area contributed by atoms with Gasteiger partial charge in [0, 0.05) is 21.1 Å². The molecule has 0 saturated heterocycles. The van der Waals surface area contributed by atoms with Crippen molar-refractivity contribution in [2.75, 3.05) is 0 Å². The zero-order chi connectivity index (χ0) is 15.6. The van der Waals surface area contributed by atoms with Crippen LogP contribution in [0.25, 0.3) is 16.9 Å². The summed E-state index contributed by atoms with van der Waals surface area (Å²) in [7, 11) is 0.